The molecule has 0 fully saturated rings. The van der Waals surface area contributed by atoms with Crippen LogP contribution < -0.4 is 27.4 Å². The molecule has 0 saturated heterocycles. The number of nitrogens with one attached hydrogen (secondary N) is 3. The van der Waals surface area contributed by atoms with E-state index < -0.39 is 54.3 Å². The Balaban J connectivity index is 4.61. The van der Waals surface area contributed by atoms with Gasteiger partial charge in [0.1, 0.15) is 12.1 Å². The van der Waals surface area contributed by atoms with Gasteiger partial charge in [0.15, 0.2) is 0 Å². The smallest absolute Gasteiger partial charge is 0.326 e. The second-order valence-corrected chi connectivity index (χ2v) is 6.71. The number of aliphatic carboxylic acids is 1. The van der Waals surface area contributed by atoms with Crippen LogP contribution in [-0.2, 0) is 24.0 Å². The molecule has 28 heavy (non-hydrogen) atoms. The molecule has 0 bridgehead atoms. The van der Waals surface area contributed by atoms with Crippen molar-refractivity contribution in [3.8, 4) is 0 Å². The van der Waals surface area contributed by atoms with Gasteiger partial charge in [0.25, 0.3) is 0 Å². The van der Waals surface area contributed by atoms with Crippen molar-refractivity contribution in [2.75, 3.05) is 12.3 Å². The average Bonchev–Trinajstić information content (AvgIpc) is 2.64. The molecular weight excluding hydrogens is 390 g/mol. The lowest BCUT2D eigenvalue weighted by Gasteiger charge is -2.23. The van der Waals surface area contributed by atoms with E-state index in [1.54, 1.807) is 13.8 Å². The van der Waals surface area contributed by atoms with Gasteiger partial charge in [-0.25, -0.2) is 4.79 Å². The SMILES string of the molecule is CCC(C)C(NC(=O)C(CS)NC(=O)CNC(=O)C(N)CCC(N)=O)C(=O)O. The molecule has 0 rings (SSSR count). The van der Waals surface area contributed by atoms with Gasteiger partial charge < -0.3 is 32.5 Å². The molecule has 0 aromatic heterocycles. The minimum atomic E-state index is -1.18. The number of rotatable bonds is 13. The van der Waals surface area contributed by atoms with E-state index in [4.69, 9.17) is 11.5 Å². The summed E-state index contributed by atoms with van der Waals surface area (Å²) in [6.07, 6.45) is 0.511. The molecule has 12 heteroatoms. The maximum Gasteiger partial charge on any atom is 0.326 e. The maximum absolute atomic E-state index is 12.3. The first kappa shape index (κ1) is 25.7. The second kappa shape index (κ2) is 12.9. The zero-order chi connectivity index (χ0) is 21.9. The van der Waals surface area contributed by atoms with Crippen LogP contribution >= 0.6 is 12.6 Å². The summed E-state index contributed by atoms with van der Waals surface area (Å²) in [5.41, 5.74) is 10.5. The summed E-state index contributed by atoms with van der Waals surface area (Å²) < 4.78 is 0. The quantitative estimate of drug-likeness (QED) is 0.163. The monoisotopic (exact) mass is 419 g/mol. The number of carboxylic acids is 1. The second-order valence-electron chi connectivity index (χ2n) is 6.34. The molecule has 0 aliphatic carbocycles. The molecule has 4 atom stereocenters. The van der Waals surface area contributed by atoms with Crippen molar-refractivity contribution in [3.63, 3.8) is 0 Å². The molecule has 4 unspecified atom stereocenters. The van der Waals surface area contributed by atoms with E-state index in [9.17, 15) is 29.1 Å². The molecule has 0 aliphatic rings. The summed E-state index contributed by atoms with van der Waals surface area (Å²) in [5, 5.41) is 16.3. The van der Waals surface area contributed by atoms with Crippen LogP contribution in [0, 0.1) is 5.92 Å². The molecule has 0 aliphatic heterocycles. The number of thiol groups is 1. The molecule has 160 valence electrons. The zero-order valence-corrected chi connectivity index (χ0v) is 16.8. The van der Waals surface area contributed by atoms with Crippen LogP contribution in [0.15, 0.2) is 0 Å². The Bertz CT molecular complexity index is 588. The van der Waals surface area contributed by atoms with Crippen molar-refractivity contribution < 1.29 is 29.1 Å². The number of carbonyl (C=O) groups excluding carboxylic acids is 4. The number of primary amides is 1. The van der Waals surface area contributed by atoms with Gasteiger partial charge in [-0.3, -0.25) is 19.2 Å². The number of amides is 4. The Morgan fingerprint density at radius 3 is 2.18 bits per heavy atom. The highest BCUT2D eigenvalue weighted by atomic mass is 32.1. The molecular formula is C16H29N5O6S. The lowest BCUT2D eigenvalue weighted by Crippen LogP contribution is -2.55. The fraction of sp³-hybridized carbons (Fsp3) is 0.688. The number of hydrogen-bond acceptors (Lipinski definition) is 7. The van der Waals surface area contributed by atoms with E-state index in [0.29, 0.717) is 6.42 Å². The van der Waals surface area contributed by atoms with Crippen molar-refractivity contribution in [1.29, 1.82) is 0 Å². The minimum Gasteiger partial charge on any atom is -0.480 e. The lowest BCUT2D eigenvalue weighted by molar-refractivity contribution is -0.143. The van der Waals surface area contributed by atoms with Crippen molar-refractivity contribution in [2.45, 2.75) is 51.2 Å². The first-order valence-corrected chi connectivity index (χ1v) is 9.41. The molecule has 4 amide bonds. The summed E-state index contributed by atoms with van der Waals surface area (Å²) >= 11 is 3.99. The number of nitrogens with two attached hydrogens (primary N) is 2. The van der Waals surface area contributed by atoms with E-state index in [1.807, 2.05) is 0 Å². The van der Waals surface area contributed by atoms with Gasteiger partial charge >= 0.3 is 5.97 Å². The Kier molecular flexibility index (Phi) is 11.9. The van der Waals surface area contributed by atoms with Crippen LogP contribution in [-0.4, -0.2) is 65.1 Å². The van der Waals surface area contributed by atoms with Gasteiger partial charge in [0, 0.05) is 12.2 Å². The number of carboxylic acid groups (broad SMARTS) is 1. The molecule has 11 nitrogen and oxygen atoms in total. The molecule has 0 heterocycles. The molecule has 8 N–H and O–H groups in total. The van der Waals surface area contributed by atoms with Crippen molar-refractivity contribution in [2.24, 2.45) is 17.4 Å². The Hall–Kier alpha value is -2.34. The Morgan fingerprint density at radius 1 is 1.11 bits per heavy atom. The fourth-order valence-electron chi connectivity index (χ4n) is 2.10. The Labute approximate surface area is 168 Å². The van der Waals surface area contributed by atoms with Crippen molar-refractivity contribution in [1.82, 2.24) is 16.0 Å². The third kappa shape index (κ3) is 9.55. The van der Waals surface area contributed by atoms with E-state index in [-0.39, 0.29) is 24.5 Å². The molecule has 0 aromatic rings. The summed E-state index contributed by atoms with van der Waals surface area (Å²) in [6, 6.07) is -3.18. The molecule has 0 radical (unpaired) electrons. The van der Waals surface area contributed by atoms with Crippen LogP contribution in [0.3, 0.4) is 0 Å². The zero-order valence-electron chi connectivity index (χ0n) is 15.9. The van der Waals surface area contributed by atoms with E-state index in [2.05, 4.69) is 28.6 Å². The first-order chi connectivity index (χ1) is 13.0. The van der Waals surface area contributed by atoms with E-state index in [0.717, 1.165) is 0 Å². The highest BCUT2D eigenvalue weighted by Crippen LogP contribution is 2.08. The maximum atomic E-state index is 12.3. The van der Waals surface area contributed by atoms with Gasteiger partial charge in [0.05, 0.1) is 12.6 Å². The van der Waals surface area contributed by atoms with Gasteiger partial charge in [-0.1, -0.05) is 20.3 Å². The van der Waals surface area contributed by atoms with Gasteiger partial charge in [-0.05, 0) is 12.3 Å². The van der Waals surface area contributed by atoms with E-state index >= 15 is 0 Å². The predicted molar refractivity (Wildman–Crippen MR) is 104 cm³/mol. The first-order valence-electron chi connectivity index (χ1n) is 8.78. The van der Waals surface area contributed by atoms with Crippen LogP contribution in [0.2, 0.25) is 0 Å². The number of hydrogen-bond donors (Lipinski definition) is 7. The van der Waals surface area contributed by atoms with Gasteiger partial charge in [-0.2, -0.15) is 12.6 Å². The number of carbonyl (C=O) groups is 5. The van der Waals surface area contributed by atoms with Gasteiger partial charge in [0.2, 0.25) is 23.6 Å². The summed E-state index contributed by atoms with van der Waals surface area (Å²) in [7, 11) is 0. The molecule has 0 aromatic carbocycles. The summed E-state index contributed by atoms with van der Waals surface area (Å²) in [6.45, 7) is 3.03. The highest BCUT2D eigenvalue weighted by molar-refractivity contribution is 7.80. The minimum absolute atomic E-state index is 0.0383. The van der Waals surface area contributed by atoms with Crippen LogP contribution in [0.4, 0.5) is 0 Å². The highest BCUT2D eigenvalue weighted by Gasteiger charge is 2.29. The third-order valence-corrected chi connectivity index (χ3v) is 4.44. The summed E-state index contributed by atoms with van der Waals surface area (Å²) in [5.74, 6) is -4.17. The van der Waals surface area contributed by atoms with Crippen LogP contribution in [0.1, 0.15) is 33.1 Å². The van der Waals surface area contributed by atoms with E-state index in [1.165, 1.54) is 0 Å². The third-order valence-electron chi connectivity index (χ3n) is 4.07. The van der Waals surface area contributed by atoms with Crippen molar-refractivity contribution >= 4 is 42.2 Å². The fourth-order valence-corrected chi connectivity index (χ4v) is 2.36. The van der Waals surface area contributed by atoms with Gasteiger partial charge in [-0.15, -0.1) is 0 Å². The van der Waals surface area contributed by atoms with Crippen LogP contribution in [0.25, 0.3) is 0 Å². The predicted octanol–water partition coefficient (Wildman–Crippen LogP) is -2.27. The topological polar surface area (TPSA) is 194 Å². The average molecular weight is 420 g/mol. The van der Waals surface area contributed by atoms with Crippen LogP contribution in [0.5, 0.6) is 0 Å². The normalized spacial score (nSPS) is 14.9. The molecule has 0 spiro atoms. The largest absolute Gasteiger partial charge is 0.480 e. The Morgan fingerprint density at radius 2 is 1.71 bits per heavy atom. The molecule has 0 saturated carbocycles. The standard InChI is InChI=1S/C16H29N5O6S/c1-3-8(2)13(16(26)27)21-15(25)10(7-28)20-12(23)6-19-14(24)9(17)4-5-11(18)22/h8-10,13,28H,3-7,17H2,1-2H3,(H2,18,22)(H,19,24)(H,20,23)(H,21,25)(H,26,27). The lowest BCUT2D eigenvalue weighted by atomic mass is 9.99. The van der Waals surface area contributed by atoms with Crippen molar-refractivity contribution in [3.05, 3.63) is 0 Å². The summed E-state index contributed by atoms with van der Waals surface area (Å²) in [4.78, 5) is 57.9.